The maximum absolute atomic E-state index is 12.3. The van der Waals surface area contributed by atoms with Gasteiger partial charge >= 0.3 is 0 Å². The van der Waals surface area contributed by atoms with Crippen LogP contribution in [0.4, 0.5) is 5.69 Å². The summed E-state index contributed by atoms with van der Waals surface area (Å²) in [4.78, 5) is 12.3. The number of nitrogens with two attached hydrogens (primary N) is 1. The van der Waals surface area contributed by atoms with E-state index in [2.05, 4.69) is 19.2 Å². The maximum atomic E-state index is 12.3. The Hall–Kier alpha value is -1.30. The first-order chi connectivity index (χ1) is 9.99. The normalized spacial score (nSPS) is 16.7. The summed E-state index contributed by atoms with van der Waals surface area (Å²) in [5.74, 6) is 1.05. The highest BCUT2D eigenvalue weighted by molar-refractivity contribution is 5.98. The van der Waals surface area contributed by atoms with E-state index in [9.17, 15) is 4.79 Å². The lowest BCUT2D eigenvalue weighted by Crippen LogP contribution is -2.54. The molecule has 22 heavy (non-hydrogen) atoms. The SMILES string of the molecule is CC(C)COc1cccc(NC(=O)C2(N)CCOCC2)c1.Cl. The molecule has 0 saturated carbocycles. The molecule has 0 atom stereocenters. The van der Waals surface area contributed by atoms with Gasteiger partial charge in [-0.2, -0.15) is 0 Å². The van der Waals surface area contributed by atoms with Gasteiger partial charge in [-0.1, -0.05) is 19.9 Å². The molecule has 0 bridgehead atoms. The Morgan fingerprint density at radius 1 is 1.41 bits per heavy atom. The number of nitrogens with one attached hydrogen (secondary N) is 1. The lowest BCUT2D eigenvalue weighted by molar-refractivity contribution is -0.124. The highest BCUT2D eigenvalue weighted by Gasteiger charge is 2.35. The number of amides is 1. The minimum absolute atomic E-state index is 0. The molecule has 1 amide bonds. The Morgan fingerprint density at radius 3 is 2.73 bits per heavy atom. The van der Waals surface area contributed by atoms with Gasteiger partial charge in [0.25, 0.3) is 0 Å². The van der Waals surface area contributed by atoms with Crippen LogP contribution in [0.25, 0.3) is 0 Å². The number of hydrogen-bond acceptors (Lipinski definition) is 4. The van der Waals surface area contributed by atoms with Gasteiger partial charge in [0.05, 0.1) is 6.61 Å². The smallest absolute Gasteiger partial charge is 0.244 e. The molecule has 5 nitrogen and oxygen atoms in total. The molecule has 1 aliphatic heterocycles. The Kier molecular flexibility index (Phi) is 7.13. The molecule has 0 unspecified atom stereocenters. The zero-order valence-electron chi connectivity index (χ0n) is 13.1. The van der Waals surface area contributed by atoms with Gasteiger partial charge in [-0.3, -0.25) is 4.79 Å². The molecule has 1 fully saturated rings. The van der Waals surface area contributed by atoms with E-state index in [0.29, 0.717) is 44.3 Å². The van der Waals surface area contributed by atoms with Crippen molar-refractivity contribution >= 4 is 24.0 Å². The Labute approximate surface area is 138 Å². The van der Waals surface area contributed by atoms with Crippen LogP contribution in [0.1, 0.15) is 26.7 Å². The van der Waals surface area contributed by atoms with Crippen LogP contribution >= 0.6 is 12.4 Å². The number of anilines is 1. The van der Waals surface area contributed by atoms with E-state index >= 15 is 0 Å². The number of carbonyl (C=O) groups excluding carboxylic acids is 1. The summed E-state index contributed by atoms with van der Waals surface area (Å²) in [6.07, 6.45) is 1.09. The van der Waals surface area contributed by atoms with Crippen molar-refractivity contribution in [3.05, 3.63) is 24.3 Å². The van der Waals surface area contributed by atoms with E-state index in [1.54, 1.807) is 0 Å². The van der Waals surface area contributed by atoms with Gasteiger partial charge in [0.1, 0.15) is 11.3 Å². The molecule has 2 rings (SSSR count). The fourth-order valence-corrected chi connectivity index (χ4v) is 2.14. The average Bonchev–Trinajstić information content (AvgIpc) is 2.46. The van der Waals surface area contributed by atoms with Gasteiger partial charge in [-0.15, -0.1) is 12.4 Å². The van der Waals surface area contributed by atoms with Gasteiger partial charge in [-0.25, -0.2) is 0 Å². The number of benzene rings is 1. The van der Waals surface area contributed by atoms with Crippen molar-refractivity contribution < 1.29 is 14.3 Å². The standard InChI is InChI=1S/C16H24N2O3.ClH/c1-12(2)11-21-14-5-3-4-13(10-14)18-15(19)16(17)6-8-20-9-7-16;/h3-5,10,12H,6-9,11,17H2,1-2H3,(H,18,19);1H. The molecular weight excluding hydrogens is 304 g/mol. The summed E-state index contributed by atoms with van der Waals surface area (Å²) >= 11 is 0. The second kappa shape index (κ2) is 8.36. The van der Waals surface area contributed by atoms with Crippen molar-refractivity contribution in [2.75, 3.05) is 25.1 Å². The third-order valence-electron chi connectivity index (χ3n) is 3.51. The summed E-state index contributed by atoms with van der Waals surface area (Å²) < 4.78 is 10.9. The highest BCUT2D eigenvalue weighted by Crippen LogP contribution is 2.22. The van der Waals surface area contributed by atoms with Crippen LogP contribution < -0.4 is 15.8 Å². The fourth-order valence-electron chi connectivity index (χ4n) is 2.14. The molecule has 0 spiro atoms. The highest BCUT2D eigenvalue weighted by atomic mass is 35.5. The van der Waals surface area contributed by atoms with Gasteiger partial charge in [-0.05, 0) is 30.9 Å². The molecular formula is C16H25ClN2O3. The van der Waals surface area contributed by atoms with Crippen molar-refractivity contribution in [3.63, 3.8) is 0 Å². The minimum Gasteiger partial charge on any atom is -0.493 e. The summed E-state index contributed by atoms with van der Waals surface area (Å²) in [6.45, 7) is 5.89. The predicted molar refractivity (Wildman–Crippen MR) is 89.6 cm³/mol. The van der Waals surface area contributed by atoms with E-state index in [4.69, 9.17) is 15.2 Å². The van der Waals surface area contributed by atoms with E-state index in [1.807, 2.05) is 24.3 Å². The molecule has 1 heterocycles. The molecule has 1 aromatic rings. The van der Waals surface area contributed by atoms with Crippen LogP contribution in [0.15, 0.2) is 24.3 Å². The fraction of sp³-hybridized carbons (Fsp3) is 0.562. The largest absolute Gasteiger partial charge is 0.493 e. The van der Waals surface area contributed by atoms with Gasteiger partial charge in [0, 0.05) is 25.0 Å². The Bertz CT molecular complexity index is 488. The third kappa shape index (κ3) is 5.16. The first-order valence-corrected chi connectivity index (χ1v) is 7.40. The second-order valence-corrected chi connectivity index (χ2v) is 5.96. The van der Waals surface area contributed by atoms with Crippen molar-refractivity contribution in [1.29, 1.82) is 0 Å². The molecule has 0 aromatic heterocycles. The number of ether oxygens (including phenoxy) is 2. The molecule has 0 radical (unpaired) electrons. The lowest BCUT2D eigenvalue weighted by atomic mass is 9.90. The van der Waals surface area contributed by atoms with E-state index < -0.39 is 5.54 Å². The summed E-state index contributed by atoms with van der Waals surface area (Å²) in [5, 5.41) is 2.88. The summed E-state index contributed by atoms with van der Waals surface area (Å²) in [5.41, 5.74) is 6.03. The number of rotatable bonds is 5. The predicted octanol–water partition coefficient (Wildman–Crippen LogP) is 2.59. The first kappa shape index (κ1) is 18.7. The molecule has 6 heteroatoms. The van der Waals surface area contributed by atoms with E-state index in [0.717, 1.165) is 5.75 Å². The van der Waals surface area contributed by atoms with Crippen molar-refractivity contribution in [2.24, 2.45) is 11.7 Å². The molecule has 1 saturated heterocycles. The van der Waals surface area contributed by atoms with Crippen molar-refractivity contribution in [2.45, 2.75) is 32.2 Å². The lowest BCUT2D eigenvalue weighted by Gasteiger charge is -2.31. The van der Waals surface area contributed by atoms with Gasteiger partial charge in [0.15, 0.2) is 0 Å². The van der Waals surface area contributed by atoms with Crippen LogP contribution in [0.2, 0.25) is 0 Å². The molecule has 1 aliphatic rings. The van der Waals surface area contributed by atoms with Crippen LogP contribution in [0, 0.1) is 5.92 Å². The average molecular weight is 329 g/mol. The van der Waals surface area contributed by atoms with Crippen molar-refractivity contribution in [3.8, 4) is 5.75 Å². The molecule has 3 N–H and O–H groups in total. The summed E-state index contributed by atoms with van der Waals surface area (Å²) in [6, 6.07) is 7.40. The maximum Gasteiger partial charge on any atom is 0.244 e. The third-order valence-corrected chi connectivity index (χ3v) is 3.51. The molecule has 0 aliphatic carbocycles. The minimum atomic E-state index is -0.840. The van der Waals surface area contributed by atoms with Crippen LogP contribution in [-0.2, 0) is 9.53 Å². The van der Waals surface area contributed by atoms with E-state index in [-0.39, 0.29) is 18.3 Å². The molecule has 124 valence electrons. The van der Waals surface area contributed by atoms with Gasteiger partial charge in [0.2, 0.25) is 5.91 Å². The topological polar surface area (TPSA) is 73.6 Å². The zero-order chi connectivity index (χ0) is 15.3. The zero-order valence-corrected chi connectivity index (χ0v) is 13.9. The molecule has 1 aromatic carbocycles. The Morgan fingerprint density at radius 2 is 2.09 bits per heavy atom. The summed E-state index contributed by atoms with van der Waals surface area (Å²) in [7, 11) is 0. The Balaban J connectivity index is 0.00000242. The van der Waals surface area contributed by atoms with Crippen LogP contribution in [0.3, 0.4) is 0 Å². The van der Waals surface area contributed by atoms with Gasteiger partial charge < -0.3 is 20.5 Å². The first-order valence-electron chi connectivity index (χ1n) is 7.40. The van der Waals surface area contributed by atoms with Crippen molar-refractivity contribution in [1.82, 2.24) is 0 Å². The number of hydrogen-bond donors (Lipinski definition) is 2. The second-order valence-electron chi connectivity index (χ2n) is 5.96. The monoisotopic (exact) mass is 328 g/mol. The van der Waals surface area contributed by atoms with Crippen LogP contribution in [0.5, 0.6) is 5.75 Å². The number of carbonyl (C=O) groups is 1. The quantitative estimate of drug-likeness (QED) is 0.871. The van der Waals surface area contributed by atoms with Crippen LogP contribution in [-0.4, -0.2) is 31.3 Å². The van der Waals surface area contributed by atoms with E-state index in [1.165, 1.54) is 0 Å². The number of halogens is 1.